The molecular formula is C13H18BrN3O. The van der Waals surface area contributed by atoms with Gasteiger partial charge in [-0.1, -0.05) is 0 Å². The van der Waals surface area contributed by atoms with Crippen molar-refractivity contribution in [2.45, 2.75) is 37.7 Å². The zero-order valence-corrected chi connectivity index (χ0v) is 12.2. The molecule has 3 rings (SSSR count). The van der Waals surface area contributed by atoms with Crippen LogP contribution >= 0.6 is 15.9 Å². The summed E-state index contributed by atoms with van der Waals surface area (Å²) in [6, 6.07) is 1.99. The van der Waals surface area contributed by atoms with E-state index < -0.39 is 0 Å². The van der Waals surface area contributed by atoms with Gasteiger partial charge in [-0.2, -0.15) is 0 Å². The molecule has 1 aromatic heterocycles. The third-order valence-corrected chi connectivity index (χ3v) is 3.94. The zero-order chi connectivity index (χ0) is 12.5. The summed E-state index contributed by atoms with van der Waals surface area (Å²) in [5.74, 6) is 2.56. The number of aromatic nitrogens is 2. The first-order chi connectivity index (χ1) is 8.72. The van der Waals surface area contributed by atoms with Crippen LogP contribution in [0.2, 0.25) is 0 Å². The summed E-state index contributed by atoms with van der Waals surface area (Å²) >= 11 is 3.48. The Morgan fingerprint density at radius 2 is 2.22 bits per heavy atom. The normalized spacial score (nSPS) is 23.3. The van der Waals surface area contributed by atoms with Crippen LogP contribution in [0.1, 0.15) is 37.4 Å². The van der Waals surface area contributed by atoms with Gasteiger partial charge in [-0.15, -0.1) is 0 Å². The average molecular weight is 312 g/mol. The lowest BCUT2D eigenvalue weighted by molar-refractivity contribution is 0.116. The topological polar surface area (TPSA) is 38.2 Å². The predicted molar refractivity (Wildman–Crippen MR) is 74.0 cm³/mol. The van der Waals surface area contributed by atoms with Crippen molar-refractivity contribution in [2.24, 2.45) is 0 Å². The van der Waals surface area contributed by atoms with Crippen molar-refractivity contribution < 1.29 is 4.74 Å². The van der Waals surface area contributed by atoms with Gasteiger partial charge in [0.1, 0.15) is 16.2 Å². The van der Waals surface area contributed by atoms with E-state index in [1.807, 2.05) is 6.07 Å². The minimum absolute atomic E-state index is 0.355. The third-order valence-electron chi connectivity index (χ3n) is 3.53. The van der Waals surface area contributed by atoms with E-state index in [1.54, 1.807) is 0 Å². The first-order valence-corrected chi connectivity index (χ1v) is 7.39. The first-order valence-electron chi connectivity index (χ1n) is 6.59. The minimum Gasteiger partial charge on any atom is -0.376 e. The highest BCUT2D eigenvalue weighted by molar-refractivity contribution is 9.10. The Morgan fingerprint density at radius 3 is 2.89 bits per heavy atom. The van der Waals surface area contributed by atoms with Crippen LogP contribution in [0.25, 0.3) is 0 Å². The molecule has 0 N–H and O–H groups in total. The summed E-state index contributed by atoms with van der Waals surface area (Å²) < 4.78 is 6.55. The van der Waals surface area contributed by atoms with E-state index in [0.717, 1.165) is 35.8 Å². The van der Waals surface area contributed by atoms with Gasteiger partial charge in [0, 0.05) is 32.2 Å². The number of hydrogen-bond acceptors (Lipinski definition) is 4. The van der Waals surface area contributed by atoms with Crippen molar-refractivity contribution in [1.29, 1.82) is 0 Å². The van der Waals surface area contributed by atoms with Crippen LogP contribution in [-0.2, 0) is 4.74 Å². The molecule has 98 valence electrons. The summed E-state index contributed by atoms with van der Waals surface area (Å²) in [7, 11) is 2.08. The number of hydrogen-bond donors (Lipinski definition) is 0. The average Bonchev–Trinajstić information content (AvgIpc) is 3.08. The van der Waals surface area contributed by atoms with Crippen LogP contribution in [0.3, 0.4) is 0 Å². The molecule has 0 bridgehead atoms. The zero-order valence-electron chi connectivity index (χ0n) is 10.6. The smallest absolute Gasteiger partial charge is 0.135 e. The molecule has 0 amide bonds. The standard InChI is InChI=1S/C13H18BrN3O/c1-17(8-10-3-2-6-18-10)12-7-11(14)15-13(16-12)9-4-5-9/h7,9-10H,2-6,8H2,1H3. The van der Waals surface area contributed by atoms with Gasteiger partial charge in [-0.25, -0.2) is 9.97 Å². The van der Waals surface area contributed by atoms with Gasteiger partial charge in [-0.05, 0) is 41.6 Å². The fourth-order valence-corrected chi connectivity index (χ4v) is 2.72. The highest BCUT2D eigenvalue weighted by Crippen LogP contribution is 2.39. The lowest BCUT2D eigenvalue weighted by Crippen LogP contribution is -2.29. The van der Waals surface area contributed by atoms with Crippen molar-refractivity contribution in [3.05, 3.63) is 16.5 Å². The molecule has 1 saturated heterocycles. The second-order valence-electron chi connectivity index (χ2n) is 5.20. The van der Waals surface area contributed by atoms with E-state index in [0.29, 0.717) is 12.0 Å². The molecule has 0 radical (unpaired) electrons. The number of likely N-dealkylation sites (N-methyl/N-ethyl adjacent to an activating group) is 1. The second-order valence-corrected chi connectivity index (χ2v) is 6.01. The Balaban J connectivity index is 1.73. The summed E-state index contributed by atoms with van der Waals surface area (Å²) in [6.45, 7) is 1.81. The third kappa shape index (κ3) is 2.83. The highest BCUT2D eigenvalue weighted by Gasteiger charge is 2.28. The summed E-state index contributed by atoms with van der Waals surface area (Å²) in [6.07, 6.45) is 5.15. The van der Waals surface area contributed by atoms with Crippen molar-refractivity contribution in [2.75, 3.05) is 25.1 Å². The number of halogens is 1. The molecule has 1 aromatic rings. The van der Waals surface area contributed by atoms with Crippen molar-refractivity contribution in [1.82, 2.24) is 9.97 Å². The molecule has 18 heavy (non-hydrogen) atoms. The lowest BCUT2D eigenvalue weighted by Gasteiger charge is -2.22. The van der Waals surface area contributed by atoms with E-state index in [-0.39, 0.29) is 0 Å². The van der Waals surface area contributed by atoms with Crippen LogP contribution in [0.5, 0.6) is 0 Å². The van der Waals surface area contributed by atoms with E-state index in [9.17, 15) is 0 Å². The van der Waals surface area contributed by atoms with Crippen molar-refractivity contribution in [3.8, 4) is 0 Å². The van der Waals surface area contributed by atoms with Crippen LogP contribution in [-0.4, -0.2) is 36.3 Å². The number of anilines is 1. The maximum absolute atomic E-state index is 5.67. The van der Waals surface area contributed by atoms with Gasteiger partial charge in [0.2, 0.25) is 0 Å². The maximum atomic E-state index is 5.67. The first kappa shape index (κ1) is 12.4. The van der Waals surface area contributed by atoms with Gasteiger partial charge in [0.05, 0.1) is 6.10 Å². The maximum Gasteiger partial charge on any atom is 0.135 e. The van der Waals surface area contributed by atoms with Gasteiger partial charge in [-0.3, -0.25) is 0 Å². The molecule has 4 nitrogen and oxygen atoms in total. The monoisotopic (exact) mass is 311 g/mol. The molecule has 2 fully saturated rings. The molecule has 0 aromatic carbocycles. The molecule has 1 unspecified atom stereocenters. The van der Waals surface area contributed by atoms with Crippen LogP contribution in [0, 0.1) is 0 Å². The molecule has 1 atom stereocenters. The Bertz CT molecular complexity index is 430. The van der Waals surface area contributed by atoms with E-state index in [2.05, 4.69) is 37.8 Å². The van der Waals surface area contributed by atoms with Crippen molar-refractivity contribution in [3.63, 3.8) is 0 Å². The molecule has 5 heteroatoms. The Hall–Kier alpha value is -0.680. The molecule has 1 saturated carbocycles. The summed E-state index contributed by atoms with van der Waals surface area (Å²) in [4.78, 5) is 11.3. The fourth-order valence-electron chi connectivity index (χ4n) is 2.33. The molecule has 1 aliphatic heterocycles. The predicted octanol–water partition coefficient (Wildman–Crippen LogP) is 2.73. The molecule has 2 heterocycles. The second kappa shape index (κ2) is 5.13. The van der Waals surface area contributed by atoms with Gasteiger partial charge < -0.3 is 9.64 Å². The molecular weight excluding hydrogens is 294 g/mol. The Morgan fingerprint density at radius 1 is 1.39 bits per heavy atom. The van der Waals surface area contributed by atoms with E-state index in [1.165, 1.54) is 19.3 Å². The largest absolute Gasteiger partial charge is 0.376 e. The lowest BCUT2D eigenvalue weighted by atomic mass is 10.2. The highest BCUT2D eigenvalue weighted by atomic mass is 79.9. The fraction of sp³-hybridized carbons (Fsp3) is 0.692. The van der Waals surface area contributed by atoms with Crippen molar-refractivity contribution >= 4 is 21.7 Å². The van der Waals surface area contributed by atoms with Crippen LogP contribution in [0.15, 0.2) is 10.7 Å². The van der Waals surface area contributed by atoms with Gasteiger partial charge in [0.25, 0.3) is 0 Å². The van der Waals surface area contributed by atoms with Gasteiger partial charge >= 0.3 is 0 Å². The number of nitrogens with zero attached hydrogens (tertiary/aromatic N) is 3. The van der Waals surface area contributed by atoms with E-state index >= 15 is 0 Å². The molecule has 0 spiro atoms. The van der Waals surface area contributed by atoms with Gasteiger partial charge in [0.15, 0.2) is 0 Å². The Labute approximate surface area is 116 Å². The summed E-state index contributed by atoms with van der Waals surface area (Å²) in [5.41, 5.74) is 0. The Kier molecular flexibility index (Phi) is 3.52. The minimum atomic E-state index is 0.355. The van der Waals surface area contributed by atoms with Crippen LogP contribution in [0.4, 0.5) is 5.82 Å². The number of ether oxygens (including phenoxy) is 1. The number of rotatable bonds is 4. The molecule has 2 aliphatic rings. The summed E-state index contributed by atoms with van der Waals surface area (Å²) in [5, 5.41) is 0. The van der Waals surface area contributed by atoms with E-state index in [4.69, 9.17) is 4.74 Å². The van der Waals surface area contributed by atoms with Crippen LogP contribution < -0.4 is 4.90 Å². The quantitative estimate of drug-likeness (QED) is 0.801. The SMILES string of the molecule is CN(CC1CCCO1)c1cc(Br)nc(C2CC2)n1. The molecule has 1 aliphatic carbocycles.